The van der Waals surface area contributed by atoms with Crippen LogP contribution in [0.3, 0.4) is 0 Å². The lowest BCUT2D eigenvalue weighted by atomic mass is 10.2. The van der Waals surface area contributed by atoms with Crippen molar-refractivity contribution in [3.05, 3.63) is 69.8 Å². The van der Waals surface area contributed by atoms with Gasteiger partial charge in [0.15, 0.2) is 0 Å². The molecule has 0 aliphatic rings. The molecule has 2 N–H and O–H groups in total. The molecule has 9 heteroatoms. The third-order valence-electron chi connectivity index (χ3n) is 3.69. The van der Waals surface area contributed by atoms with Gasteiger partial charge in [0.1, 0.15) is 12.4 Å². The zero-order chi connectivity index (χ0) is 21.2. The standard InChI is InChI=1S/C20H22N4O5/c1-14(2)11-21-19(25)20(26)23-22-12-15-5-9-18(10-6-15)29-13-16-3-7-17(8-4-16)24(27)28/h3-10,12,14H,11,13H2,1-2H3,(H,21,25)(H,23,26)/b22-12-. The number of hydrogen-bond donors (Lipinski definition) is 2. The molecule has 152 valence electrons. The van der Waals surface area contributed by atoms with Gasteiger partial charge in [0, 0.05) is 18.7 Å². The number of benzene rings is 2. The molecule has 9 nitrogen and oxygen atoms in total. The van der Waals surface area contributed by atoms with Gasteiger partial charge in [-0.1, -0.05) is 13.8 Å². The Morgan fingerprint density at radius 3 is 2.34 bits per heavy atom. The predicted octanol–water partition coefficient (Wildman–Crippen LogP) is 2.40. The van der Waals surface area contributed by atoms with E-state index in [0.29, 0.717) is 17.9 Å². The summed E-state index contributed by atoms with van der Waals surface area (Å²) < 4.78 is 5.63. The lowest BCUT2D eigenvalue weighted by Gasteiger charge is -2.06. The van der Waals surface area contributed by atoms with Crippen LogP contribution in [0.15, 0.2) is 53.6 Å². The van der Waals surface area contributed by atoms with Gasteiger partial charge in [-0.2, -0.15) is 5.10 Å². The van der Waals surface area contributed by atoms with E-state index in [0.717, 1.165) is 5.56 Å². The number of non-ortho nitro benzene ring substituents is 1. The highest BCUT2D eigenvalue weighted by Crippen LogP contribution is 2.16. The second-order valence-electron chi connectivity index (χ2n) is 6.58. The molecular weight excluding hydrogens is 376 g/mol. The second-order valence-corrected chi connectivity index (χ2v) is 6.58. The number of nitrogens with one attached hydrogen (secondary N) is 2. The highest BCUT2D eigenvalue weighted by atomic mass is 16.6. The van der Waals surface area contributed by atoms with Gasteiger partial charge in [0.05, 0.1) is 11.1 Å². The summed E-state index contributed by atoms with van der Waals surface area (Å²) in [4.78, 5) is 33.3. The molecule has 0 aliphatic heterocycles. The Hall–Kier alpha value is -3.75. The lowest BCUT2D eigenvalue weighted by Crippen LogP contribution is -2.39. The molecule has 2 aromatic carbocycles. The van der Waals surface area contributed by atoms with E-state index in [1.54, 1.807) is 36.4 Å². The van der Waals surface area contributed by atoms with Gasteiger partial charge in [-0.3, -0.25) is 19.7 Å². The van der Waals surface area contributed by atoms with E-state index in [4.69, 9.17) is 4.74 Å². The first-order valence-corrected chi connectivity index (χ1v) is 8.92. The van der Waals surface area contributed by atoms with Gasteiger partial charge in [-0.05, 0) is 53.4 Å². The minimum atomic E-state index is -0.829. The number of nitro benzene ring substituents is 1. The van der Waals surface area contributed by atoms with Gasteiger partial charge in [0.25, 0.3) is 5.69 Å². The minimum Gasteiger partial charge on any atom is -0.489 e. The fourth-order valence-corrected chi connectivity index (χ4v) is 2.12. The molecule has 0 unspecified atom stereocenters. The number of nitro groups is 1. The van der Waals surface area contributed by atoms with Crippen LogP contribution in [0.5, 0.6) is 5.75 Å². The molecule has 0 radical (unpaired) electrons. The monoisotopic (exact) mass is 398 g/mol. The van der Waals surface area contributed by atoms with Gasteiger partial charge < -0.3 is 10.1 Å². The van der Waals surface area contributed by atoms with E-state index in [9.17, 15) is 19.7 Å². The normalized spacial score (nSPS) is 10.7. The summed E-state index contributed by atoms with van der Waals surface area (Å²) in [5, 5.41) is 16.9. The number of nitrogens with zero attached hydrogens (tertiary/aromatic N) is 2. The maximum atomic E-state index is 11.6. The van der Waals surface area contributed by atoms with E-state index in [1.807, 2.05) is 13.8 Å². The summed E-state index contributed by atoms with van der Waals surface area (Å²) in [6.45, 7) is 4.54. The Kier molecular flexibility index (Phi) is 7.84. The summed E-state index contributed by atoms with van der Waals surface area (Å²) in [7, 11) is 0. The fraction of sp³-hybridized carbons (Fsp3) is 0.250. The number of hydrazone groups is 1. The van der Waals surface area contributed by atoms with Gasteiger partial charge >= 0.3 is 11.8 Å². The molecule has 0 saturated heterocycles. The summed E-state index contributed by atoms with van der Waals surface area (Å²) >= 11 is 0. The average Bonchev–Trinajstić information content (AvgIpc) is 2.71. The molecule has 0 fully saturated rings. The van der Waals surface area contributed by atoms with Crippen LogP contribution in [0, 0.1) is 16.0 Å². The summed E-state index contributed by atoms with van der Waals surface area (Å²) in [5.41, 5.74) is 3.71. The smallest absolute Gasteiger partial charge is 0.329 e. The van der Waals surface area contributed by atoms with Crippen LogP contribution in [0.4, 0.5) is 5.69 Å². The molecule has 0 atom stereocenters. The van der Waals surface area contributed by atoms with Crippen LogP contribution in [-0.2, 0) is 16.2 Å². The quantitative estimate of drug-likeness (QED) is 0.306. The Balaban J connectivity index is 1.80. The Bertz CT molecular complexity index is 877. The zero-order valence-corrected chi connectivity index (χ0v) is 16.1. The third-order valence-corrected chi connectivity index (χ3v) is 3.69. The fourth-order valence-electron chi connectivity index (χ4n) is 2.12. The SMILES string of the molecule is CC(C)CNC(=O)C(=O)N/N=C\c1ccc(OCc2ccc([N+](=O)[O-])cc2)cc1. The first-order chi connectivity index (χ1) is 13.8. The van der Waals surface area contributed by atoms with Crippen LogP contribution in [0.2, 0.25) is 0 Å². The van der Waals surface area contributed by atoms with Crippen molar-refractivity contribution in [1.29, 1.82) is 0 Å². The second kappa shape index (κ2) is 10.5. The van der Waals surface area contributed by atoms with Crippen molar-refractivity contribution in [3.8, 4) is 5.75 Å². The van der Waals surface area contributed by atoms with Crippen molar-refractivity contribution < 1.29 is 19.2 Å². The van der Waals surface area contributed by atoms with E-state index >= 15 is 0 Å². The molecule has 0 saturated carbocycles. The van der Waals surface area contributed by atoms with Crippen LogP contribution in [0.1, 0.15) is 25.0 Å². The van der Waals surface area contributed by atoms with Crippen molar-refractivity contribution in [2.45, 2.75) is 20.5 Å². The highest BCUT2D eigenvalue weighted by molar-refractivity contribution is 6.35. The first-order valence-electron chi connectivity index (χ1n) is 8.92. The topological polar surface area (TPSA) is 123 Å². The van der Waals surface area contributed by atoms with Crippen LogP contribution < -0.4 is 15.5 Å². The maximum Gasteiger partial charge on any atom is 0.329 e. The van der Waals surface area contributed by atoms with Crippen molar-refractivity contribution in [2.24, 2.45) is 11.0 Å². The number of ether oxygens (including phenoxy) is 1. The van der Waals surface area contributed by atoms with E-state index in [-0.39, 0.29) is 18.2 Å². The molecule has 2 amide bonds. The summed E-state index contributed by atoms with van der Waals surface area (Å²) in [6, 6.07) is 13.1. The third kappa shape index (κ3) is 7.41. The lowest BCUT2D eigenvalue weighted by molar-refractivity contribution is -0.384. The number of rotatable bonds is 8. The van der Waals surface area contributed by atoms with Crippen molar-refractivity contribution in [1.82, 2.24) is 10.7 Å². The zero-order valence-electron chi connectivity index (χ0n) is 16.1. The van der Waals surface area contributed by atoms with Crippen molar-refractivity contribution in [2.75, 3.05) is 6.54 Å². The van der Waals surface area contributed by atoms with E-state index < -0.39 is 16.7 Å². The van der Waals surface area contributed by atoms with E-state index in [1.165, 1.54) is 18.3 Å². The maximum absolute atomic E-state index is 11.6. The largest absolute Gasteiger partial charge is 0.489 e. The molecule has 2 aromatic rings. The van der Waals surface area contributed by atoms with Crippen molar-refractivity contribution in [3.63, 3.8) is 0 Å². The van der Waals surface area contributed by atoms with Gasteiger partial charge in [-0.25, -0.2) is 5.43 Å². The molecule has 0 bridgehead atoms. The molecule has 0 aromatic heterocycles. The van der Waals surface area contributed by atoms with Gasteiger partial charge in [-0.15, -0.1) is 0 Å². The minimum absolute atomic E-state index is 0.0295. The summed E-state index contributed by atoms with van der Waals surface area (Å²) in [5.74, 6) is -0.704. The molecule has 0 aliphatic carbocycles. The highest BCUT2D eigenvalue weighted by Gasteiger charge is 2.12. The first kappa shape index (κ1) is 21.5. The molecular formula is C20H22N4O5. The molecule has 29 heavy (non-hydrogen) atoms. The van der Waals surface area contributed by atoms with Gasteiger partial charge in [0.2, 0.25) is 0 Å². The summed E-state index contributed by atoms with van der Waals surface area (Å²) in [6.07, 6.45) is 1.41. The van der Waals surface area contributed by atoms with Crippen LogP contribution in [-0.4, -0.2) is 29.5 Å². The number of amides is 2. The van der Waals surface area contributed by atoms with Crippen LogP contribution in [0.25, 0.3) is 0 Å². The Labute approximate surface area is 167 Å². The Morgan fingerprint density at radius 1 is 1.10 bits per heavy atom. The van der Waals surface area contributed by atoms with E-state index in [2.05, 4.69) is 15.8 Å². The predicted molar refractivity (Wildman–Crippen MR) is 107 cm³/mol. The number of carbonyl (C=O) groups is 2. The Morgan fingerprint density at radius 2 is 1.76 bits per heavy atom. The van der Waals surface area contributed by atoms with Crippen LogP contribution >= 0.6 is 0 Å². The number of carbonyl (C=O) groups excluding carboxylic acids is 2. The molecule has 0 spiro atoms. The number of hydrogen-bond acceptors (Lipinski definition) is 6. The average molecular weight is 398 g/mol. The molecule has 0 heterocycles. The van der Waals surface area contributed by atoms with Crippen molar-refractivity contribution >= 4 is 23.7 Å². The molecule has 2 rings (SSSR count).